The van der Waals surface area contributed by atoms with Crippen molar-refractivity contribution in [2.24, 2.45) is 7.05 Å². The molecular weight excluding hydrogens is 194 g/mol. The molecule has 1 aromatic rings. The molecule has 0 spiro atoms. The second kappa shape index (κ2) is 6.09. The van der Waals surface area contributed by atoms with E-state index in [1.165, 1.54) is 12.1 Å². The van der Waals surface area contributed by atoms with Crippen molar-refractivity contribution in [3.63, 3.8) is 0 Å². The Labute approximate surface area is 90.3 Å². The van der Waals surface area contributed by atoms with Gasteiger partial charge in [0.15, 0.2) is 0 Å². The molecule has 1 aromatic heterocycles. The third-order valence-corrected chi connectivity index (χ3v) is 3.39. The van der Waals surface area contributed by atoms with Crippen LogP contribution in [0.3, 0.4) is 0 Å². The van der Waals surface area contributed by atoms with E-state index in [2.05, 4.69) is 23.5 Å². The molecule has 4 heteroatoms. The fraction of sp³-hybridized carbons (Fsp3) is 0.700. The van der Waals surface area contributed by atoms with Crippen molar-refractivity contribution in [2.75, 3.05) is 12.8 Å². The van der Waals surface area contributed by atoms with Gasteiger partial charge in [-0.15, -0.1) is 0 Å². The molecule has 0 aromatic carbocycles. The Balaban J connectivity index is 2.13. The first kappa shape index (κ1) is 11.6. The number of nitrogens with zero attached hydrogens (tertiary/aromatic N) is 2. The van der Waals surface area contributed by atoms with Crippen molar-refractivity contribution >= 4 is 11.8 Å². The SMILES string of the molecule is CSC(C)CCNCc1cncn1C. The Morgan fingerprint density at radius 2 is 2.43 bits per heavy atom. The summed E-state index contributed by atoms with van der Waals surface area (Å²) < 4.78 is 2.05. The Bertz CT molecular complexity index is 260. The molecule has 1 heterocycles. The largest absolute Gasteiger partial charge is 0.337 e. The molecule has 1 rings (SSSR count). The zero-order valence-electron chi connectivity index (χ0n) is 9.16. The molecule has 1 atom stereocenters. The lowest BCUT2D eigenvalue weighted by atomic mass is 10.3. The number of aromatic nitrogens is 2. The van der Waals surface area contributed by atoms with Gasteiger partial charge in [-0.25, -0.2) is 4.98 Å². The van der Waals surface area contributed by atoms with Crippen LogP contribution in [-0.2, 0) is 13.6 Å². The molecule has 0 saturated carbocycles. The highest BCUT2D eigenvalue weighted by molar-refractivity contribution is 7.99. The molecule has 14 heavy (non-hydrogen) atoms. The first-order valence-corrected chi connectivity index (χ1v) is 6.21. The molecule has 0 aliphatic heterocycles. The third kappa shape index (κ3) is 3.72. The number of imidazole rings is 1. The molecule has 0 fully saturated rings. The van der Waals surface area contributed by atoms with Gasteiger partial charge in [0.05, 0.1) is 12.0 Å². The summed E-state index contributed by atoms with van der Waals surface area (Å²) >= 11 is 1.92. The van der Waals surface area contributed by atoms with Crippen LogP contribution in [0.5, 0.6) is 0 Å². The summed E-state index contributed by atoms with van der Waals surface area (Å²) in [5.74, 6) is 0. The highest BCUT2D eigenvalue weighted by Crippen LogP contribution is 2.08. The number of thioether (sulfide) groups is 1. The number of aryl methyl sites for hydroxylation is 1. The molecule has 0 aliphatic rings. The molecule has 0 amide bonds. The normalized spacial score (nSPS) is 13.1. The third-order valence-electron chi connectivity index (χ3n) is 2.35. The summed E-state index contributed by atoms with van der Waals surface area (Å²) in [5.41, 5.74) is 1.24. The highest BCUT2D eigenvalue weighted by atomic mass is 32.2. The van der Waals surface area contributed by atoms with Crippen LogP contribution in [0.25, 0.3) is 0 Å². The van der Waals surface area contributed by atoms with Crippen LogP contribution in [0.4, 0.5) is 0 Å². The van der Waals surface area contributed by atoms with Crippen LogP contribution in [0.1, 0.15) is 19.0 Å². The average Bonchev–Trinajstić information content (AvgIpc) is 2.58. The average molecular weight is 213 g/mol. The van der Waals surface area contributed by atoms with Crippen LogP contribution in [0, 0.1) is 0 Å². The van der Waals surface area contributed by atoms with Gasteiger partial charge in [-0.05, 0) is 19.2 Å². The van der Waals surface area contributed by atoms with Gasteiger partial charge in [-0.3, -0.25) is 0 Å². The van der Waals surface area contributed by atoms with Crippen LogP contribution in [-0.4, -0.2) is 27.6 Å². The maximum atomic E-state index is 4.07. The van der Waals surface area contributed by atoms with Crippen molar-refractivity contribution in [2.45, 2.75) is 25.1 Å². The molecular formula is C10H19N3S. The van der Waals surface area contributed by atoms with E-state index < -0.39 is 0 Å². The van der Waals surface area contributed by atoms with Crippen LogP contribution >= 0.6 is 11.8 Å². The van der Waals surface area contributed by atoms with Gasteiger partial charge >= 0.3 is 0 Å². The molecule has 3 nitrogen and oxygen atoms in total. The summed E-state index contributed by atoms with van der Waals surface area (Å²) in [5, 5.41) is 4.16. The van der Waals surface area contributed by atoms with Crippen LogP contribution < -0.4 is 5.32 Å². The lowest BCUT2D eigenvalue weighted by molar-refractivity contribution is 0.624. The summed E-state index contributed by atoms with van der Waals surface area (Å²) in [6.45, 7) is 4.25. The summed E-state index contributed by atoms with van der Waals surface area (Å²) in [6.07, 6.45) is 7.12. The molecule has 0 radical (unpaired) electrons. The Kier molecular flexibility index (Phi) is 5.04. The molecule has 80 valence electrons. The minimum Gasteiger partial charge on any atom is -0.337 e. The lowest BCUT2D eigenvalue weighted by Crippen LogP contribution is -2.18. The van der Waals surface area contributed by atoms with E-state index in [4.69, 9.17) is 0 Å². The first-order valence-electron chi connectivity index (χ1n) is 4.92. The van der Waals surface area contributed by atoms with E-state index in [1.54, 1.807) is 0 Å². The molecule has 0 bridgehead atoms. The van der Waals surface area contributed by atoms with Crippen molar-refractivity contribution in [1.29, 1.82) is 0 Å². The van der Waals surface area contributed by atoms with Crippen molar-refractivity contribution in [3.8, 4) is 0 Å². The fourth-order valence-electron chi connectivity index (χ4n) is 1.19. The highest BCUT2D eigenvalue weighted by Gasteiger charge is 2.00. The predicted octanol–water partition coefficient (Wildman–Crippen LogP) is 1.65. The van der Waals surface area contributed by atoms with E-state index in [1.807, 2.05) is 35.9 Å². The zero-order valence-corrected chi connectivity index (χ0v) is 9.97. The maximum absolute atomic E-state index is 4.07. The summed E-state index contributed by atoms with van der Waals surface area (Å²) in [4.78, 5) is 4.07. The molecule has 1 unspecified atom stereocenters. The minimum absolute atomic E-state index is 0.744. The number of hydrogen-bond donors (Lipinski definition) is 1. The Morgan fingerprint density at radius 1 is 1.64 bits per heavy atom. The van der Waals surface area contributed by atoms with Gasteiger partial charge < -0.3 is 9.88 Å². The standard InChI is InChI=1S/C10H19N3S/c1-9(14-3)4-5-11-6-10-7-12-8-13(10)2/h7-9,11H,4-6H2,1-3H3. The van der Waals surface area contributed by atoms with Crippen molar-refractivity contribution in [1.82, 2.24) is 14.9 Å². The Morgan fingerprint density at radius 3 is 3.00 bits per heavy atom. The van der Waals surface area contributed by atoms with E-state index in [-0.39, 0.29) is 0 Å². The molecule has 1 N–H and O–H groups in total. The Hall–Kier alpha value is -0.480. The van der Waals surface area contributed by atoms with Gasteiger partial charge in [-0.1, -0.05) is 6.92 Å². The lowest BCUT2D eigenvalue weighted by Gasteiger charge is -2.09. The summed E-state index contributed by atoms with van der Waals surface area (Å²) in [7, 11) is 2.02. The van der Waals surface area contributed by atoms with Crippen molar-refractivity contribution < 1.29 is 0 Å². The quantitative estimate of drug-likeness (QED) is 0.729. The smallest absolute Gasteiger partial charge is 0.0945 e. The maximum Gasteiger partial charge on any atom is 0.0945 e. The topological polar surface area (TPSA) is 29.9 Å². The van der Waals surface area contributed by atoms with E-state index in [0.717, 1.165) is 18.3 Å². The van der Waals surface area contributed by atoms with E-state index in [9.17, 15) is 0 Å². The minimum atomic E-state index is 0.744. The fourth-order valence-corrected chi connectivity index (χ4v) is 1.55. The first-order chi connectivity index (χ1) is 6.74. The number of nitrogens with one attached hydrogen (secondary N) is 1. The van der Waals surface area contributed by atoms with Gasteiger partial charge in [0.2, 0.25) is 0 Å². The summed E-state index contributed by atoms with van der Waals surface area (Å²) in [6, 6.07) is 0. The van der Waals surface area contributed by atoms with Crippen molar-refractivity contribution in [3.05, 3.63) is 18.2 Å². The monoisotopic (exact) mass is 213 g/mol. The van der Waals surface area contributed by atoms with E-state index >= 15 is 0 Å². The van der Waals surface area contributed by atoms with Gasteiger partial charge in [0.25, 0.3) is 0 Å². The number of rotatable bonds is 6. The van der Waals surface area contributed by atoms with Crippen LogP contribution in [0.2, 0.25) is 0 Å². The van der Waals surface area contributed by atoms with Crippen LogP contribution in [0.15, 0.2) is 12.5 Å². The predicted molar refractivity (Wildman–Crippen MR) is 62.5 cm³/mol. The van der Waals surface area contributed by atoms with E-state index in [0.29, 0.717) is 0 Å². The second-order valence-corrected chi connectivity index (χ2v) is 4.78. The van der Waals surface area contributed by atoms with Gasteiger partial charge in [0.1, 0.15) is 0 Å². The van der Waals surface area contributed by atoms with Gasteiger partial charge in [-0.2, -0.15) is 11.8 Å². The number of hydrogen-bond acceptors (Lipinski definition) is 3. The second-order valence-electron chi connectivity index (χ2n) is 3.51. The van der Waals surface area contributed by atoms with Gasteiger partial charge in [0, 0.05) is 25.0 Å². The molecule has 0 aliphatic carbocycles. The zero-order chi connectivity index (χ0) is 10.4. The molecule has 0 saturated heterocycles.